The van der Waals surface area contributed by atoms with Crippen LogP contribution in [0.25, 0.3) is 0 Å². The van der Waals surface area contributed by atoms with Crippen molar-refractivity contribution in [2.45, 2.75) is 31.1 Å². The second-order valence-corrected chi connectivity index (χ2v) is 9.28. The Labute approximate surface area is 142 Å². The zero-order valence-electron chi connectivity index (χ0n) is 13.4. The fourth-order valence-electron chi connectivity index (χ4n) is 2.88. The zero-order chi connectivity index (χ0) is 16.4. The second-order valence-electron chi connectivity index (χ2n) is 5.92. The molecule has 0 bridgehead atoms. The van der Waals surface area contributed by atoms with E-state index in [1.54, 1.807) is 18.9 Å². The highest BCUT2D eigenvalue weighted by Gasteiger charge is 2.43. The van der Waals surface area contributed by atoms with Gasteiger partial charge in [-0.3, -0.25) is 4.99 Å². The number of hydrogen-bond acceptors (Lipinski definition) is 6. The molecule has 2 heterocycles. The van der Waals surface area contributed by atoms with Gasteiger partial charge >= 0.3 is 0 Å². The van der Waals surface area contributed by atoms with Crippen LogP contribution >= 0.6 is 11.8 Å². The molecule has 126 valence electrons. The molecule has 0 aliphatic carbocycles. The summed E-state index contributed by atoms with van der Waals surface area (Å²) >= 11 is 1.61. The van der Waals surface area contributed by atoms with E-state index < -0.39 is 9.84 Å². The first-order valence-electron chi connectivity index (χ1n) is 7.89. The number of unbranched alkanes of at least 4 members (excludes halogenated alkanes) is 1. The number of hydrogen-bond donors (Lipinski definition) is 0. The third-order valence-electron chi connectivity index (χ3n) is 4.16. The Hall–Kier alpha value is -1.21. The Balaban J connectivity index is 1.82. The minimum absolute atomic E-state index is 0.0809. The maximum atomic E-state index is 11.7. The highest BCUT2D eigenvalue weighted by molar-refractivity contribution is 8.15. The molecule has 7 heteroatoms. The smallest absolute Gasteiger partial charge is 0.164 e. The van der Waals surface area contributed by atoms with Crippen LogP contribution in [0.5, 0.6) is 5.75 Å². The maximum Gasteiger partial charge on any atom is 0.164 e. The van der Waals surface area contributed by atoms with Gasteiger partial charge in [0.1, 0.15) is 5.75 Å². The van der Waals surface area contributed by atoms with Crippen LogP contribution in [0.15, 0.2) is 29.3 Å². The van der Waals surface area contributed by atoms with Crippen molar-refractivity contribution in [3.05, 3.63) is 24.3 Å². The van der Waals surface area contributed by atoms with Gasteiger partial charge in [0, 0.05) is 17.5 Å². The summed E-state index contributed by atoms with van der Waals surface area (Å²) in [5.41, 5.74) is 1.08. The Morgan fingerprint density at radius 1 is 1.30 bits per heavy atom. The van der Waals surface area contributed by atoms with Crippen LogP contribution < -0.4 is 9.64 Å². The fourth-order valence-corrected chi connectivity index (χ4v) is 6.69. The number of rotatable bonds is 5. The highest BCUT2D eigenvalue weighted by Crippen LogP contribution is 2.37. The topological polar surface area (TPSA) is 59.0 Å². The molecular weight excluding hydrogens is 332 g/mol. The number of benzene rings is 1. The number of nitrogens with zero attached hydrogens (tertiary/aromatic N) is 2. The summed E-state index contributed by atoms with van der Waals surface area (Å²) in [6.07, 6.45) is 2.17. The Bertz CT molecular complexity index is 686. The number of thioether (sulfide) groups is 1. The van der Waals surface area contributed by atoms with Crippen LogP contribution in [0.2, 0.25) is 0 Å². The molecule has 0 amide bonds. The van der Waals surface area contributed by atoms with Gasteiger partial charge in [-0.15, -0.1) is 0 Å². The first-order valence-corrected chi connectivity index (χ1v) is 10.6. The van der Waals surface area contributed by atoms with Gasteiger partial charge in [0.15, 0.2) is 15.0 Å². The number of anilines is 1. The van der Waals surface area contributed by atoms with Crippen molar-refractivity contribution in [2.24, 2.45) is 4.99 Å². The highest BCUT2D eigenvalue weighted by atomic mass is 32.2. The van der Waals surface area contributed by atoms with Gasteiger partial charge in [0.2, 0.25) is 0 Å². The monoisotopic (exact) mass is 354 g/mol. The van der Waals surface area contributed by atoms with Crippen molar-refractivity contribution < 1.29 is 13.2 Å². The molecule has 2 aliphatic heterocycles. The van der Waals surface area contributed by atoms with Crippen molar-refractivity contribution >= 4 is 32.5 Å². The van der Waals surface area contributed by atoms with E-state index in [0.717, 1.165) is 36.0 Å². The third kappa shape index (κ3) is 3.66. The average molecular weight is 354 g/mol. The summed E-state index contributed by atoms with van der Waals surface area (Å²) in [6, 6.07) is 7.87. The van der Waals surface area contributed by atoms with Crippen LogP contribution in [0.4, 0.5) is 5.69 Å². The predicted octanol–water partition coefficient (Wildman–Crippen LogP) is 2.57. The van der Waals surface area contributed by atoms with Crippen molar-refractivity contribution in [3.8, 4) is 5.75 Å². The SMILES string of the molecule is CCCCN(C1=NC2CS(=O)(=O)CC2S1)c1ccc(OC)cc1. The quantitative estimate of drug-likeness (QED) is 0.813. The van der Waals surface area contributed by atoms with E-state index in [2.05, 4.69) is 11.8 Å². The number of fused-ring (bicyclic) bond motifs is 1. The molecule has 0 aromatic heterocycles. The van der Waals surface area contributed by atoms with Crippen LogP contribution in [0, 0.1) is 0 Å². The van der Waals surface area contributed by atoms with Crippen LogP contribution in [-0.4, -0.2) is 50.0 Å². The molecule has 1 saturated heterocycles. The molecule has 0 N–H and O–H groups in total. The third-order valence-corrected chi connectivity index (χ3v) is 7.40. The molecule has 0 radical (unpaired) electrons. The van der Waals surface area contributed by atoms with Gasteiger partial charge in [-0.05, 0) is 30.7 Å². The molecule has 1 aromatic rings. The summed E-state index contributed by atoms with van der Waals surface area (Å²) in [7, 11) is -1.25. The molecule has 0 spiro atoms. The largest absolute Gasteiger partial charge is 0.497 e. The van der Waals surface area contributed by atoms with E-state index in [9.17, 15) is 8.42 Å². The summed E-state index contributed by atoms with van der Waals surface area (Å²) in [4.78, 5) is 6.92. The molecular formula is C16H22N2O3S2. The first kappa shape index (κ1) is 16.6. The predicted molar refractivity (Wildman–Crippen MR) is 96.5 cm³/mol. The van der Waals surface area contributed by atoms with Crippen molar-refractivity contribution in [3.63, 3.8) is 0 Å². The van der Waals surface area contributed by atoms with Crippen LogP contribution in [-0.2, 0) is 9.84 Å². The minimum Gasteiger partial charge on any atom is -0.497 e. The Kier molecular flexibility index (Phi) is 4.87. The maximum absolute atomic E-state index is 11.7. The van der Waals surface area contributed by atoms with E-state index in [1.807, 2.05) is 24.3 Å². The fraction of sp³-hybridized carbons (Fsp3) is 0.562. The van der Waals surface area contributed by atoms with Gasteiger partial charge in [-0.1, -0.05) is 25.1 Å². The average Bonchev–Trinajstić information content (AvgIpc) is 3.01. The lowest BCUT2D eigenvalue weighted by atomic mass is 10.2. The summed E-state index contributed by atoms with van der Waals surface area (Å²) in [6.45, 7) is 3.05. The Morgan fingerprint density at radius 3 is 2.65 bits per heavy atom. The molecule has 2 unspecified atom stereocenters. The molecule has 5 nitrogen and oxygen atoms in total. The molecule has 2 aliphatic rings. The summed E-state index contributed by atoms with van der Waals surface area (Å²) < 4.78 is 28.7. The number of aliphatic imine (C=N–C) groups is 1. The first-order chi connectivity index (χ1) is 11.0. The minimum atomic E-state index is -2.91. The van der Waals surface area contributed by atoms with Crippen LogP contribution in [0.1, 0.15) is 19.8 Å². The van der Waals surface area contributed by atoms with E-state index in [4.69, 9.17) is 9.73 Å². The lowest BCUT2D eigenvalue weighted by Crippen LogP contribution is -2.29. The summed E-state index contributed by atoms with van der Waals surface area (Å²) in [5.74, 6) is 1.27. The van der Waals surface area contributed by atoms with E-state index in [-0.39, 0.29) is 22.8 Å². The number of ether oxygens (including phenoxy) is 1. The van der Waals surface area contributed by atoms with Gasteiger partial charge in [0.25, 0.3) is 0 Å². The van der Waals surface area contributed by atoms with Gasteiger partial charge in [0.05, 0.1) is 24.7 Å². The number of methoxy groups -OCH3 is 1. The standard InChI is InChI=1S/C16H22N2O3S2/c1-3-4-9-18(12-5-7-13(21-2)8-6-12)16-17-14-10-23(19,20)11-15(14)22-16/h5-8,14-15H,3-4,9-11H2,1-2H3. The van der Waals surface area contributed by atoms with E-state index >= 15 is 0 Å². The normalized spacial score (nSPS) is 25.0. The number of sulfone groups is 1. The van der Waals surface area contributed by atoms with Gasteiger partial charge in [-0.25, -0.2) is 8.42 Å². The molecule has 1 aromatic carbocycles. The Morgan fingerprint density at radius 2 is 2.04 bits per heavy atom. The van der Waals surface area contributed by atoms with E-state index in [1.165, 1.54) is 0 Å². The van der Waals surface area contributed by atoms with Crippen molar-refractivity contribution in [1.82, 2.24) is 0 Å². The molecule has 1 fully saturated rings. The second kappa shape index (κ2) is 6.73. The van der Waals surface area contributed by atoms with Gasteiger partial charge < -0.3 is 9.64 Å². The molecule has 23 heavy (non-hydrogen) atoms. The number of amidine groups is 1. The molecule has 3 rings (SSSR count). The molecule has 2 atom stereocenters. The van der Waals surface area contributed by atoms with Crippen molar-refractivity contribution in [2.75, 3.05) is 30.1 Å². The molecule has 0 saturated carbocycles. The summed E-state index contributed by atoms with van der Waals surface area (Å²) in [5, 5.41) is 1.03. The van der Waals surface area contributed by atoms with Gasteiger partial charge in [-0.2, -0.15) is 0 Å². The lowest BCUT2D eigenvalue weighted by molar-refractivity contribution is 0.415. The van der Waals surface area contributed by atoms with Crippen LogP contribution in [0.3, 0.4) is 0 Å². The lowest BCUT2D eigenvalue weighted by Gasteiger charge is -2.24. The zero-order valence-corrected chi connectivity index (χ0v) is 15.1. The van der Waals surface area contributed by atoms with Crippen molar-refractivity contribution in [1.29, 1.82) is 0 Å². The van der Waals surface area contributed by atoms with E-state index in [0.29, 0.717) is 0 Å².